The van der Waals surface area contributed by atoms with Crippen LogP contribution in [-0.4, -0.2) is 34.1 Å². The second kappa shape index (κ2) is 6.88. The van der Waals surface area contributed by atoms with E-state index >= 15 is 0 Å². The Balaban J connectivity index is 2.24. The third kappa shape index (κ3) is 4.05. The van der Waals surface area contributed by atoms with Gasteiger partial charge in [-0.05, 0) is 18.1 Å². The average Bonchev–Trinajstić information content (AvgIpc) is 2.50. The number of anilines is 1. The van der Waals surface area contributed by atoms with Crippen LogP contribution in [0, 0.1) is 5.92 Å². The van der Waals surface area contributed by atoms with Gasteiger partial charge in [0, 0.05) is 19.5 Å². The molecule has 1 aromatic carbocycles. The molecule has 0 saturated heterocycles. The first-order valence-electron chi connectivity index (χ1n) is 7.03. The summed E-state index contributed by atoms with van der Waals surface area (Å²) in [6.07, 6.45) is 2.26. The molecule has 1 aromatic heterocycles. The molecule has 2 aromatic rings. The van der Waals surface area contributed by atoms with E-state index in [0.717, 1.165) is 23.4 Å². The van der Waals surface area contributed by atoms with Crippen LogP contribution in [0.5, 0.6) is 0 Å². The van der Waals surface area contributed by atoms with Gasteiger partial charge in [0.05, 0.1) is 17.2 Å². The number of aromatic nitrogens is 2. The summed E-state index contributed by atoms with van der Waals surface area (Å²) in [7, 11) is 0. The van der Waals surface area contributed by atoms with Gasteiger partial charge < -0.3 is 15.8 Å². The first-order chi connectivity index (χ1) is 10.1. The number of amidine groups is 1. The number of oxime groups is 1. The SMILES string of the molecule is CC(C)CN(CCC(N)=NO)c1cnc2ccccc2n1. The van der Waals surface area contributed by atoms with Crippen molar-refractivity contribution in [2.45, 2.75) is 20.3 Å². The molecule has 6 nitrogen and oxygen atoms in total. The Hall–Kier alpha value is -2.37. The molecule has 3 N–H and O–H groups in total. The van der Waals surface area contributed by atoms with Gasteiger partial charge in [-0.2, -0.15) is 0 Å². The van der Waals surface area contributed by atoms with Crippen molar-refractivity contribution in [1.29, 1.82) is 0 Å². The van der Waals surface area contributed by atoms with E-state index in [1.54, 1.807) is 6.20 Å². The van der Waals surface area contributed by atoms with Crippen LogP contribution in [-0.2, 0) is 0 Å². The summed E-state index contributed by atoms with van der Waals surface area (Å²) < 4.78 is 0. The molecule has 0 bridgehead atoms. The number of hydrogen-bond acceptors (Lipinski definition) is 5. The highest BCUT2D eigenvalue weighted by Crippen LogP contribution is 2.16. The molecule has 0 aliphatic carbocycles. The molecule has 0 unspecified atom stereocenters. The summed E-state index contributed by atoms with van der Waals surface area (Å²) in [5.41, 5.74) is 7.30. The van der Waals surface area contributed by atoms with Crippen LogP contribution in [0.3, 0.4) is 0 Å². The van der Waals surface area contributed by atoms with E-state index in [-0.39, 0.29) is 5.84 Å². The summed E-state index contributed by atoms with van der Waals surface area (Å²) >= 11 is 0. The quantitative estimate of drug-likeness (QED) is 0.368. The number of nitrogens with two attached hydrogens (primary N) is 1. The molecule has 0 saturated carbocycles. The van der Waals surface area contributed by atoms with Gasteiger partial charge in [0.1, 0.15) is 11.7 Å². The van der Waals surface area contributed by atoms with E-state index in [4.69, 9.17) is 10.9 Å². The summed E-state index contributed by atoms with van der Waals surface area (Å²) in [5.74, 6) is 1.51. The standard InChI is InChI=1S/C15H21N5O/c1-11(2)10-20(8-7-14(16)19-21)15-9-17-12-5-3-4-6-13(12)18-15/h3-6,9,11,21H,7-8,10H2,1-2H3,(H2,16,19). The Morgan fingerprint density at radius 1 is 1.33 bits per heavy atom. The minimum atomic E-state index is 0.220. The lowest BCUT2D eigenvalue weighted by atomic mass is 10.2. The van der Waals surface area contributed by atoms with Gasteiger partial charge in [-0.1, -0.05) is 31.1 Å². The molecule has 6 heteroatoms. The number of para-hydroxylation sites is 2. The van der Waals surface area contributed by atoms with Crippen LogP contribution < -0.4 is 10.6 Å². The Labute approximate surface area is 124 Å². The Bertz CT molecular complexity index is 626. The van der Waals surface area contributed by atoms with Crippen molar-refractivity contribution in [2.75, 3.05) is 18.0 Å². The summed E-state index contributed by atoms with van der Waals surface area (Å²) in [5, 5.41) is 11.7. The van der Waals surface area contributed by atoms with Crippen LogP contribution in [0.2, 0.25) is 0 Å². The fourth-order valence-corrected chi connectivity index (χ4v) is 2.14. The van der Waals surface area contributed by atoms with Gasteiger partial charge in [-0.25, -0.2) is 4.98 Å². The third-order valence-corrected chi connectivity index (χ3v) is 3.11. The van der Waals surface area contributed by atoms with E-state index in [9.17, 15) is 0 Å². The maximum absolute atomic E-state index is 8.66. The second-order valence-electron chi connectivity index (χ2n) is 5.40. The maximum atomic E-state index is 8.66. The first-order valence-corrected chi connectivity index (χ1v) is 7.03. The highest BCUT2D eigenvalue weighted by atomic mass is 16.4. The fraction of sp³-hybridized carbons (Fsp3) is 0.400. The Kier molecular flexibility index (Phi) is 4.92. The Morgan fingerprint density at radius 2 is 2.05 bits per heavy atom. The van der Waals surface area contributed by atoms with Gasteiger partial charge in [-0.15, -0.1) is 0 Å². The van der Waals surface area contributed by atoms with E-state index in [2.05, 4.69) is 33.9 Å². The zero-order chi connectivity index (χ0) is 15.2. The molecule has 0 amide bonds. The Morgan fingerprint density at radius 3 is 2.71 bits per heavy atom. The molecule has 0 fully saturated rings. The molecule has 112 valence electrons. The predicted molar refractivity (Wildman–Crippen MR) is 84.6 cm³/mol. The molecule has 0 radical (unpaired) electrons. The lowest BCUT2D eigenvalue weighted by Gasteiger charge is -2.25. The predicted octanol–water partition coefficient (Wildman–Crippen LogP) is 2.23. The first kappa shape index (κ1) is 15.0. The summed E-state index contributed by atoms with van der Waals surface area (Å²) in [4.78, 5) is 11.2. The highest BCUT2D eigenvalue weighted by molar-refractivity contribution is 5.80. The van der Waals surface area contributed by atoms with E-state index in [1.807, 2.05) is 24.3 Å². The molecule has 0 aliphatic heterocycles. The summed E-state index contributed by atoms with van der Waals surface area (Å²) in [6, 6.07) is 7.78. The zero-order valence-electron chi connectivity index (χ0n) is 12.4. The normalized spacial score (nSPS) is 12.0. The lowest BCUT2D eigenvalue weighted by Crippen LogP contribution is -2.32. The maximum Gasteiger partial charge on any atom is 0.147 e. The van der Waals surface area contributed by atoms with Crippen molar-refractivity contribution in [3.8, 4) is 0 Å². The van der Waals surface area contributed by atoms with Crippen molar-refractivity contribution in [3.05, 3.63) is 30.5 Å². The van der Waals surface area contributed by atoms with Crippen LogP contribution in [0.1, 0.15) is 20.3 Å². The molecule has 0 aliphatic rings. The fourth-order valence-electron chi connectivity index (χ4n) is 2.14. The largest absolute Gasteiger partial charge is 0.409 e. The van der Waals surface area contributed by atoms with Crippen molar-refractivity contribution in [1.82, 2.24) is 9.97 Å². The monoisotopic (exact) mass is 287 g/mol. The number of fused-ring (bicyclic) bond motifs is 1. The van der Waals surface area contributed by atoms with E-state index in [0.29, 0.717) is 18.9 Å². The molecular weight excluding hydrogens is 266 g/mol. The summed E-state index contributed by atoms with van der Waals surface area (Å²) in [6.45, 7) is 5.77. The number of hydrogen-bond donors (Lipinski definition) is 2. The van der Waals surface area contributed by atoms with Crippen molar-refractivity contribution in [2.24, 2.45) is 16.8 Å². The number of rotatable bonds is 6. The number of nitrogens with zero attached hydrogens (tertiary/aromatic N) is 4. The van der Waals surface area contributed by atoms with Gasteiger partial charge in [0.25, 0.3) is 0 Å². The molecular formula is C15H21N5O. The van der Waals surface area contributed by atoms with E-state index < -0.39 is 0 Å². The van der Waals surface area contributed by atoms with Crippen LogP contribution in [0.15, 0.2) is 35.6 Å². The molecule has 0 spiro atoms. The van der Waals surface area contributed by atoms with E-state index in [1.165, 1.54) is 0 Å². The lowest BCUT2D eigenvalue weighted by molar-refractivity contribution is 0.317. The van der Waals surface area contributed by atoms with Crippen molar-refractivity contribution in [3.63, 3.8) is 0 Å². The van der Waals surface area contributed by atoms with Crippen LogP contribution in [0.4, 0.5) is 5.82 Å². The van der Waals surface area contributed by atoms with Gasteiger partial charge in [0.2, 0.25) is 0 Å². The number of benzene rings is 1. The molecule has 2 rings (SSSR count). The molecule has 0 atom stereocenters. The van der Waals surface area contributed by atoms with Crippen LogP contribution >= 0.6 is 0 Å². The molecule has 1 heterocycles. The zero-order valence-corrected chi connectivity index (χ0v) is 12.4. The minimum Gasteiger partial charge on any atom is -0.409 e. The van der Waals surface area contributed by atoms with Crippen molar-refractivity contribution >= 4 is 22.7 Å². The topological polar surface area (TPSA) is 87.6 Å². The smallest absolute Gasteiger partial charge is 0.147 e. The minimum absolute atomic E-state index is 0.220. The van der Waals surface area contributed by atoms with Crippen molar-refractivity contribution < 1.29 is 5.21 Å². The highest BCUT2D eigenvalue weighted by Gasteiger charge is 2.12. The van der Waals surface area contributed by atoms with Gasteiger partial charge in [-0.3, -0.25) is 4.98 Å². The van der Waals surface area contributed by atoms with Gasteiger partial charge in [0.15, 0.2) is 0 Å². The third-order valence-electron chi connectivity index (χ3n) is 3.11. The molecule has 21 heavy (non-hydrogen) atoms. The van der Waals surface area contributed by atoms with Crippen LogP contribution in [0.25, 0.3) is 11.0 Å². The second-order valence-corrected chi connectivity index (χ2v) is 5.40. The average molecular weight is 287 g/mol. The van der Waals surface area contributed by atoms with Gasteiger partial charge >= 0.3 is 0 Å².